The zero-order chi connectivity index (χ0) is 21.2. The first-order chi connectivity index (χ1) is 13.6. The van der Waals surface area contributed by atoms with Crippen LogP contribution in [-0.4, -0.2) is 20.8 Å². The van der Waals surface area contributed by atoms with Gasteiger partial charge in [0.1, 0.15) is 11.4 Å². The van der Waals surface area contributed by atoms with E-state index in [-0.39, 0.29) is 17.1 Å². The number of hydrogen-bond acceptors (Lipinski definition) is 3. The SMILES string of the molecule is Cn1cc(C#CC(C)(C)C)c(-c2cc(NC(=O)c3cccc(Cl)c3)ccc2O)n1. The number of benzene rings is 2. The van der Waals surface area contributed by atoms with Gasteiger partial charge in [-0.15, -0.1) is 0 Å². The number of carbonyl (C=O) groups excluding carboxylic acids is 1. The molecule has 5 nitrogen and oxygen atoms in total. The molecule has 29 heavy (non-hydrogen) atoms. The number of aryl methyl sites for hydroxylation is 1. The average Bonchev–Trinajstić information content (AvgIpc) is 3.01. The lowest BCUT2D eigenvalue weighted by Crippen LogP contribution is -2.11. The fourth-order valence-electron chi connectivity index (χ4n) is 2.67. The molecule has 0 spiro atoms. The van der Waals surface area contributed by atoms with Crippen LogP contribution < -0.4 is 5.32 Å². The monoisotopic (exact) mass is 407 g/mol. The maximum absolute atomic E-state index is 12.5. The van der Waals surface area contributed by atoms with Crippen molar-refractivity contribution in [2.45, 2.75) is 20.8 Å². The molecule has 0 bridgehead atoms. The molecule has 0 saturated heterocycles. The molecule has 0 aliphatic rings. The van der Waals surface area contributed by atoms with Crippen molar-refractivity contribution in [3.8, 4) is 28.8 Å². The van der Waals surface area contributed by atoms with Crippen LogP contribution in [0.5, 0.6) is 5.75 Å². The fraction of sp³-hybridized carbons (Fsp3) is 0.217. The fourth-order valence-corrected chi connectivity index (χ4v) is 2.86. The molecule has 1 heterocycles. The molecule has 0 aliphatic carbocycles. The van der Waals surface area contributed by atoms with E-state index in [1.807, 2.05) is 27.0 Å². The summed E-state index contributed by atoms with van der Waals surface area (Å²) in [5.74, 6) is 6.10. The summed E-state index contributed by atoms with van der Waals surface area (Å²) in [4.78, 5) is 12.5. The van der Waals surface area contributed by atoms with Crippen molar-refractivity contribution < 1.29 is 9.90 Å². The predicted molar refractivity (Wildman–Crippen MR) is 116 cm³/mol. The van der Waals surface area contributed by atoms with Crippen molar-refractivity contribution in [3.63, 3.8) is 0 Å². The van der Waals surface area contributed by atoms with Gasteiger partial charge in [0.2, 0.25) is 0 Å². The van der Waals surface area contributed by atoms with Gasteiger partial charge >= 0.3 is 0 Å². The van der Waals surface area contributed by atoms with Crippen LogP contribution in [0.3, 0.4) is 0 Å². The normalized spacial score (nSPS) is 10.9. The van der Waals surface area contributed by atoms with Crippen LogP contribution in [0.1, 0.15) is 36.7 Å². The second kappa shape index (κ2) is 8.02. The molecule has 3 rings (SSSR count). The minimum atomic E-state index is -0.294. The van der Waals surface area contributed by atoms with E-state index in [0.717, 1.165) is 0 Å². The van der Waals surface area contributed by atoms with E-state index >= 15 is 0 Å². The molecular formula is C23H22ClN3O2. The highest BCUT2D eigenvalue weighted by molar-refractivity contribution is 6.31. The van der Waals surface area contributed by atoms with E-state index in [9.17, 15) is 9.90 Å². The summed E-state index contributed by atoms with van der Waals surface area (Å²) in [7, 11) is 1.80. The molecule has 2 aromatic carbocycles. The Labute approximate surface area is 175 Å². The summed E-state index contributed by atoms with van der Waals surface area (Å²) in [6, 6.07) is 11.5. The van der Waals surface area contributed by atoms with Crippen molar-refractivity contribution >= 4 is 23.2 Å². The molecule has 0 atom stereocenters. The Balaban J connectivity index is 1.96. The minimum Gasteiger partial charge on any atom is -0.507 e. The molecule has 0 unspecified atom stereocenters. The third kappa shape index (κ3) is 5.18. The number of amides is 1. The molecule has 1 amide bonds. The number of nitrogens with zero attached hydrogens (tertiary/aromatic N) is 2. The van der Waals surface area contributed by atoms with Crippen molar-refractivity contribution in [1.29, 1.82) is 0 Å². The number of phenols is 1. The Morgan fingerprint density at radius 2 is 1.97 bits per heavy atom. The number of nitrogens with one attached hydrogen (secondary N) is 1. The summed E-state index contributed by atoms with van der Waals surface area (Å²) in [5.41, 5.74) is 2.57. The number of hydrogen-bond donors (Lipinski definition) is 2. The number of aromatic hydroxyl groups is 1. The number of rotatable bonds is 3. The number of phenolic OH excluding ortho intramolecular Hbond substituents is 1. The first kappa shape index (κ1) is 20.5. The van der Waals surface area contributed by atoms with Gasteiger partial charge in [-0.25, -0.2) is 0 Å². The predicted octanol–water partition coefficient (Wildman–Crippen LogP) is 5.10. The summed E-state index contributed by atoms with van der Waals surface area (Å²) in [6.45, 7) is 6.08. The van der Waals surface area contributed by atoms with Crippen LogP contribution in [0.15, 0.2) is 48.7 Å². The summed E-state index contributed by atoms with van der Waals surface area (Å²) in [6.07, 6.45) is 1.81. The highest BCUT2D eigenvalue weighted by atomic mass is 35.5. The van der Waals surface area contributed by atoms with E-state index < -0.39 is 0 Å². The number of aromatic nitrogens is 2. The molecule has 6 heteroatoms. The van der Waals surface area contributed by atoms with Crippen molar-refractivity contribution in [1.82, 2.24) is 9.78 Å². The average molecular weight is 408 g/mol. The van der Waals surface area contributed by atoms with E-state index in [4.69, 9.17) is 11.6 Å². The molecule has 0 saturated carbocycles. The van der Waals surface area contributed by atoms with Crippen molar-refractivity contribution in [2.24, 2.45) is 12.5 Å². The van der Waals surface area contributed by atoms with E-state index in [2.05, 4.69) is 22.3 Å². The Kier molecular flexibility index (Phi) is 5.67. The summed E-state index contributed by atoms with van der Waals surface area (Å²) < 4.78 is 1.65. The number of carbonyl (C=O) groups is 1. The Bertz CT molecular complexity index is 1130. The molecule has 148 valence electrons. The van der Waals surface area contributed by atoms with Crippen molar-refractivity contribution in [3.05, 3.63) is 64.8 Å². The largest absolute Gasteiger partial charge is 0.507 e. The Morgan fingerprint density at radius 1 is 1.21 bits per heavy atom. The Morgan fingerprint density at radius 3 is 2.66 bits per heavy atom. The lowest BCUT2D eigenvalue weighted by molar-refractivity contribution is 0.102. The molecule has 0 radical (unpaired) electrons. The van der Waals surface area contributed by atoms with Crippen LogP contribution >= 0.6 is 11.6 Å². The lowest BCUT2D eigenvalue weighted by Gasteiger charge is -2.09. The first-order valence-electron chi connectivity index (χ1n) is 9.09. The second-order valence-corrected chi connectivity index (χ2v) is 8.20. The van der Waals surface area contributed by atoms with E-state index in [0.29, 0.717) is 33.1 Å². The standard InChI is InChI=1S/C23H22ClN3O2/c1-23(2,3)11-10-16-14-27(4)26-21(16)19-13-18(8-9-20(19)28)25-22(29)15-6-5-7-17(24)12-15/h5-9,12-14,28H,1-4H3,(H,25,29). The van der Waals surface area contributed by atoms with Gasteiger partial charge in [-0.05, 0) is 57.2 Å². The molecule has 1 aromatic heterocycles. The minimum absolute atomic E-state index is 0.0586. The van der Waals surface area contributed by atoms with Crippen LogP contribution in [0.25, 0.3) is 11.3 Å². The summed E-state index contributed by atoms with van der Waals surface area (Å²) >= 11 is 5.96. The Hall–Kier alpha value is -3.23. The van der Waals surface area contributed by atoms with Gasteiger partial charge in [-0.1, -0.05) is 29.5 Å². The quantitative estimate of drug-likeness (QED) is 0.469. The lowest BCUT2D eigenvalue weighted by atomic mass is 9.97. The van der Waals surface area contributed by atoms with Gasteiger partial charge in [0.05, 0.1) is 5.56 Å². The van der Waals surface area contributed by atoms with Gasteiger partial charge in [0.15, 0.2) is 0 Å². The van der Waals surface area contributed by atoms with Gasteiger partial charge in [0.25, 0.3) is 5.91 Å². The van der Waals surface area contributed by atoms with Crippen LogP contribution in [0, 0.1) is 17.3 Å². The first-order valence-corrected chi connectivity index (χ1v) is 9.47. The molecule has 0 fully saturated rings. The zero-order valence-corrected chi connectivity index (χ0v) is 17.5. The third-order valence-electron chi connectivity index (χ3n) is 4.00. The molecule has 0 aliphatic heterocycles. The molecular weight excluding hydrogens is 386 g/mol. The topological polar surface area (TPSA) is 67.2 Å². The third-order valence-corrected chi connectivity index (χ3v) is 4.23. The van der Waals surface area contributed by atoms with Gasteiger partial charge in [0, 0.05) is 40.5 Å². The smallest absolute Gasteiger partial charge is 0.255 e. The van der Waals surface area contributed by atoms with Gasteiger partial charge < -0.3 is 10.4 Å². The van der Waals surface area contributed by atoms with Gasteiger partial charge in [-0.3, -0.25) is 9.48 Å². The number of halogens is 1. The van der Waals surface area contributed by atoms with Crippen LogP contribution in [-0.2, 0) is 7.05 Å². The number of anilines is 1. The van der Waals surface area contributed by atoms with Crippen LogP contribution in [0.4, 0.5) is 5.69 Å². The zero-order valence-electron chi connectivity index (χ0n) is 16.7. The van der Waals surface area contributed by atoms with E-state index in [1.165, 1.54) is 6.07 Å². The van der Waals surface area contributed by atoms with Crippen LogP contribution in [0.2, 0.25) is 5.02 Å². The maximum Gasteiger partial charge on any atom is 0.255 e. The maximum atomic E-state index is 12.5. The van der Waals surface area contributed by atoms with E-state index in [1.54, 1.807) is 48.1 Å². The van der Waals surface area contributed by atoms with Crippen molar-refractivity contribution in [2.75, 3.05) is 5.32 Å². The molecule has 3 aromatic rings. The highest BCUT2D eigenvalue weighted by Gasteiger charge is 2.15. The second-order valence-electron chi connectivity index (χ2n) is 7.76. The highest BCUT2D eigenvalue weighted by Crippen LogP contribution is 2.33. The molecule has 2 N–H and O–H groups in total. The van der Waals surface area contributed by atoms with Gasteiger partial charge in [-0.2, -0.15) is 5.10 Å². The summed E-state index contributed by atoms with van der Waals surface area (Å²) in [5, 5.41) is 18.2.